The fourth-order valence-electron chi connectivity index (χ4n) is 1.10. The van der Waals surface area contributed by atoms with Crippen molar-refractivity contribution in [1.82, 2.24) is 5.16 Å². The molecule has 0 bridgehead atoms. The fourth-order valence-corrected chi connectivity index (χ4v) is 1.28. The minimum atomic E-state index is 0.275. The number of hydrogen-bond acceptors (Lipinski definition) is 4. The molecule has 0 amide bonds. The average molecular weight is 225 g/mol. The largest absolute Gasteiger partial charge is 0.489 e. The lowest BCUT2D eigenvalue weighted by molar-refractivity contribution is 0.306. The van der Waals surface area contributed by atoms with Gasteiger partial charge in [0.1, 0.15) is 12.4 Å². The van der Waals surface area contributed by atoms with Crippen molar-refractivity contribution in [1.29, 1.82) is 0 Å². The number of ether oxygens (including phenoxy) is 1. The summed E-state index contributed by atoms with van der Waals surface area (Å²) in [7, 11) is 0. The summed E-state index contributed by atoms with van der Waals surface area (Å²) in [6, 6.07) is 7.14. The van der Waals surface area contributed by atoms with E-state index in [4.69, 9.17) is 26.6 Å². The SMILES string of the molecule is Nc1oncc1COc1cccc(Cl)c1. The van der Waals surface area contributed by atoms with Crippen molar-refractivity contribution in [3.05, 3.63) is 41.0 Å². The van der Waals surface area contributed by atoms with Crippen molar-refractivity contribution < 1.29 is 9.26 Å². The maximum absolute atomic E-state index is 5.80. The van der Waals surface area contributed by atoms with Crippen LogP contribution in [0.25, 0.3) is 0 Å². The molecule has 1 aromatic carbocycles. The van der Waals surface area contributed by atoms with Crippen molar-refractivity contribution in [3.63, 3.8) is 0 Å². The normalized spacial score (nSPS) is 10.2. The molecule has 2 aromatic rings. The van der Waals surface area contributed by atoms with E-state index in [0.29, 0.717) is 17.4 Å². The molecule has 15 heavy (non-hydrogen) atoms. The van der Waals surface area contributed by atoms with Crippen LogP contribution in [0.2, 0.25) is 5.02 Å². The number of aromatic nitrogens is 1. The number of hydrogen-bond donors (Lipinski definition) is 1. The Labute approximate surface area is 91.6 Å². The molecular weight excluding hydrogens is 216 g/mol. The van der Waals surface area contributed by atoms with Crippen LogP contribution in [0.5, 0.6) is 5.75 Å². The summed E-state index contributed by atoms with van der Waals surface area (Å²) in [5.41, 5.74) is 6.22. The number of benzene rings is 1. The monoisotopic (exact) mass is 224 g/mol. The zero-order valence-corrected chi connectivity index (χ0v) is 8.57. The number of nitrogens with zero attached hydrogens (tertiary/aromatic N) is 1. The zero-order valence-electron chi connectivity index (χ0n) is 7.81. The van der Waals surface area contributed by atoms with Crippen LogP contribution in [0.15, 0.2) is 35.0 Å². The second-order valence-electron chi connectivity index (χ2n) is 2.96. The summed E-state index contributed by atoms with van der Waals surface area (Å²) < 4.78 is 10.1. The number of anilines is 1. The van der Waals surface area contributed by atoms with Crippen molar-refractivity contribution in [2.45, 2.75) is 6.61 Å². The third-order valence-electron chi connectivity index (χ3n) is 1.87. The van der Waals surface area contributed by atoms with E-state index in [0.717, 1.165) is 5.56 Å². The van der Waals surface area contributed by atoms with E-state index in [2.05, 4.69) is 5.16 Å². The van der Waals surface area contributed by atoms with Gasteiger partial charge in [-0.2, -0.15) is 0 Å². The molecule has 0 atom stereocenters. The highest BCUT2D eigenvalue weighted by molar-refractivity contribution is 6.30. The summed E-state index contributed by atoms with van der Waals surface area (Å²) in [5.74, 6) is 0.958. The molecular formula is C10H9ClN2O2. The first-order chi connectivity index (χ1) is 7.25. The third-order valence-corrected chi connectivity index (χ3v) is 2.10. The molecule has 1 aromatic heterocycles. The Hall–Kier alpha value is -1.68. The molecule has 0 aliphatic carbocycles. The Bertz CT molecular complexity index is 456. The van der Waals surface area contributed by atoms with Crippen LogP contribution in [0.1, 0.15) is 5.56 Å². The van der Waals surface area contributed by atoms with Gasteiger partial charge in [0, 0.05) is 5.02 Å². The Morgan fingerprint density at radius 2 is 2.33 bits per heavy atom. The van der Waals surface area contributed by atoms with Gasteiger partial charge in [0.05, 0.1) is 11.8 Å². The van der Waals surface area contributed by atoms with Gasteiger partial charge in [-0.15, -0.1) is 0 Å². The molecule has 2 N–H and O–H groups in total. The predicted octanol–water partition coefficient (Wildman–Crippen LogP) is 2.49. The first-order valence-electron chi connectivity index (χ1n) is 4.33. The molecule has 0 fully saturated rings. The van der Waals surface area contributed by atoms with Gasteiger partial charge in [0.25, 0.3) is 0 Å². The number of halogens is 1. The molecule has 0 spiro atoms. The molecule has 2 rings (SSSR count). The van der Waals surface area contributed by atoms with Crippen LogP contribution in [-0.2, 0) is 6.61 Å². The molecule has 0 unspecified atom stereocenters. The molecule has 5 heteroatoms. The van der Waals surface area contributed by atoms with Crippen molar-refractivity contribution in [2.75, 3.05) is 5.73 Å². The Kier molecular flexibility index (Phi) is 2.78. The van der Waals surface area contributed by atoms with E-state index < -0.39 is 0 Å². The number of nitrogens with two attached hydrogens (primary N) is 1. The van der Waals surface area contributed by atoms with Crippen molar-refractivity contribution >= 4 is 17.5 Å². The summed E-state index contributed by atoms with van der Waals surface area (Å²) in [4.78, 5) is 0. The lowest BCUT2D eigenvalue weighted by atomic mass is 10.3. The van der Waals surface area contributed by atoms with Crippen molar-refractivity contribution in [2.24, 2.45) is 0 Å². The lowest BCUT2D eigenvalue weighted by Gasteiger charge is -2.04. The smallest absolute Gasteiger partial charge is 0.228 e. The topological polar surface area (TPSA) is 61.3 Å². The van der Waals surface area contributed by atoms with Gasteiger partial charge in [-0.05, 0) is 18.2 Å². The first kappa shape index (κ1) is 9.86. The third kappa shape index (κ3) is 2.41. The molecule has 0 aliphatic rings. The van der Waals surface area contributed by atoms with Gasteiger partial charge in [0.15, 0.2) is 0 Å². The van der Waals surface area contributed by atoms with Crippen LogP contribution >= 0.6 is 11.6 Å². The maximum Gasteiger partial charge on any atom is 0.228 e. The summed E-state index contributed by atoms with van der Waals surface area (Å²) >= 11 is 5.80. The van der Waals surface area contributed by atoms with Gasteiger partial charge in [0.2, 0.25) is 5.88 Å². The van der Waals surface area contributed by atoms with Gasteiger partial charge in [-0.25, -0.2) is 0 Å². The average Bonchev–Trinajstić information content (AvgIpc) is 2.61. The number of nitrogen functional groups attached to an aromatic ring is 1. The summed E-state index contributed by atoms with van der Waals surface area (Å²) in [6.07, 6.45) is 1.53. The highest BCUT2D eigenvalue weighted by atomic mass is 35.5. The molecule has 4 nitrogen and oxygen atoms in total. The highest BCUT2D eigenvalue weighted by Crippen LogP contribution is 2.19. The standard InChI is InChI=1S/C10H9ClN2O2/c11-8-2-1-3-9(4-8)14-6-7-5-13-15-10(7)12/h1-5H,6,12H2. The molecule has 78 valence electrons. The van der Waals surface area contributed by atoms with Crippen molar-refractivity contribution in [3.8, 4) is 5.75 Å². The van der Waals surface area contributed by atoms with E-state index in [9.17, 15) is 0 Å². The van der Waals surface area contributed by atoms with E-state index >= 15 is 0 Å². The summed E-state index contributed by atoms with van der Waals surface area (Å²) in [6.45, 7) is 0.315. The minimum absolute atomic E-state index is 0.275. The molecule has 0 aliphatic heterocycles. The fraction of sp³-hybridized carbons (Fsp3) is 0.100. The molecule has 0 radical (unpaired) electrons. The molecule has 0 saturated carbocycles. The van der Waals surface area contributed by atoms with E-state index in [1.807, 2.05) is 12.1 Å². The quantitative estimate of drug-likeness (QED) is 0.870. The van der Waals surface area contributed by atoms with E-state index in [1.54, 1.807) is 12.1 Å². The maximum atomic E-state index is 5.80. The van der Waals surface area contributed by atoms with Gasteiger partial charge < -0.3 is 15.0 Å². The Balaban J connectivity index is 2.02. The first-order valence-corrected chi connectivity index (χ1v) is 4.71. The van der Waals surface area contributed by atoms with Crippen LogP contribution in [0.3, 0.4) is 0 Å². The zero-order chi connectivity index (χ0) is 10.7. The van der Waals surface area contributed by atoms with Crippen LogP contribution in [0.4, 0.5) is 5.88 Å². The predicted molar refractivity (Wildman–Crippen MR) is 56.7 cm³/mol. The van der Waals surface area contributed by atoms with E-state index in [-0.39, 0.29) is 5.88 Å². The van der Waals surface area contributed by atoms with Gasteiger partial charge in [-0.1, -0.05) is 22.8 Å². The van der Waals surface area contributed by atoms with Crippen LogP contribution in [-0.4, -0.2) is 5.16 Å². The van der Waals surface area contributed by atoms with Gasteiger partial charge >= 0.3 is 0 Å². The van der Waals surface area contributed by atoms with E-state index in [1.165, 1.54) is 6.20 Å². The lowest BCUT2D eigenvalue weighted by Crippen LogP contribution is -1.97. The second-order valence-corrected chi connectivity index (χ2v) is 3.40. The molecule has 1 heterocycles. The van der Waals surface area contributed by atoms with Crippen LogP contribution < -0.4 is 10.5 Å². The second kappa shape index (κ2) is 4.23. The highest BCUT2D eigenvalue weighted by Gasteiger charge is 2.04. The summed E-state index contributed by atoms with van der Waals surface area (Å²) in [5, 5.41) is 4.18. The Morgan fingerprint density at radius 3 is 3.00 bits per heavy atom. The van der Waals surface area contributed by atoms with Crippen LogP contribution in [0, 0.1) is 0 Å². The number of rotatable bonds is 3. The van der Waals surface area contributed by atoms with Gasteiger partial charge in [-0.3, -0.25) is 0 Å². The minimum Gasteiger partial charge on any atom is -0.489 e. The Morgan fingerprint density at radius 1 is 1.47 bits per heavy atom. The molecule has 0 saturated heterocycles.